The van der Waals surface area contributed by atoms with Crippen LogP contribution in [0.4, 0.5) is 11.5 Å². The van der Waals surface area contributed by atoms with Gasteiger partial charge in [-0.2, -0.15) is 0 Å². The van der Waals surface area contributed by atoms with Gasteiger partial charge < -0.3 is 15.4 Å². The summed E-state index contributed by atoms with van der Waals surface area (Å²) in [7, 11) is 0. The number of amides is 1. The zero-order chi connectivity index (χ0) is 18.8. The van der Waals surface area contributed by atoms with Crippen LogP contribution < -0.4 is 10.6 Å². The fourth-order valence-corrected chi connectivity index (χ4v) is 2.23. The molecule has 0 saturated carbocycles. The minimum absolute atomic E-state index is 0.223. The summed E-state index contributed by atoms with van der Waals surface area (Å²) in [5.41, 5.74) is 1.52. The highest BCUT2D eigenvalue weighted by Crippen LogP contribution is 2.15. The third-order valence-corrected chi connectivity index (χ3v) is 3.62. The zero-order valence-corrected chi connectivity index (χ0v) is 15.1. The van der Waals surface area contributed by atoms with Crippen molar-refractivity contribution in [2.75, 3.05) is 18.5 Å². The number of carbonyl (C=O) groups excluding carboxylic acids is 2. The van der Waals surface area contributed by atoms with Crippen molar-refractivity contribution in [3.63, 3.8) is 0 Å². The largest absolute Gasteiger partial charge is 0.462 e. The second-order valence-corrected chi connectivity index (χ2v) is 5.67. The van der Waals surface area contributed by atoms with Gasteiger partial charge in [0.05, 0.1) is 24.6 Å². The molecule has 1 aromatic carbocycles. The number of hydrogen-bond donors (Lipinski definition) is 2. The van der Waals surface area contributed by atoms with Crippen LogP contribution in [0.2, 0.25) is 0 Å². The molecule has 7 heteroatoms. The number of aromatic nitrogens is 2. The van der Waals surface area contributed by atoms with E-state index in [2.05, 4.69) is 27.5 Å². The minimum Gasteiger partial charge on any atom is -0.462 e. The molecule has 0 spiro atoms. The number of carbonyl (C=O) groups is 2. The standard InChI is InChI=1S/C19H24N4O3/c1-3-5-6-11-20-18(24)16-12-22-17(13-21-16)23-15-9-7-14(8-10-15)19(25)26-4-2/h7-10,12-13H,3-6,11H2,1-2H3,(H,20,24)(H,22,23). The molecule has 2 N–H and O–H groups in total. The lowest BCUT2D eigenvalue weighted by atomic mass is 10.2. The van der Waals surface area contributed by atoms with Crippen molar-refractivity contribution < 1.29 is 14.3 Å². The lowest BCUT2D eigenvalue weighted by molar-refractivity contribution is 0.0526. The maximum Gasteiger partial charge on any atom is 0.338 e. The van der Waals surface area contributed by atoms with Gasteiger partial charge in [-0.25, -0.2) is 14.8 Å². The van der Waals surface area contributed by atoms with Crippen molar-refractivity contribution in [3.8, 4) is 0 Å². The van der Waals surface area contributed by atoms with Crippen molar-refractivity contribution in [1.82, 2.24) is 15.3 Å². The highest BCUT2D eigenvalue weighted by molar-refractivity contribution is 5.92. The zero-order valence-electron chi connectivity index (χ0n) is 15.1. The van der Waals surface area contributed by atoms with Crippen LogP contribution in [-0.4, -0.2) is 35.0 Å². The van der Waals surface area contributed by atoms with Gasteiger partial charge in [-0.1, -0.05) is 19.8 Å². The summed E-state index contributed by atoms with van der Waals surface area (Å²) in [5.74, 6) is -0.0662. The lowest BCUT2D eigenvalue weighted by Crippen LogP contribution is -2.25. The minimum atomic E-state index is -0.354. The average Bonchev–Trinajstić information content (AvgIpc) is 2.66. The Kier molecular flexibility index (Phi) is 7.54. The maximum absolute atomic E-state index is 12.0. The highest BCUT2D eigenvalue weighted by Gasteiger charge is 2.08. The Labute approximate surface area is 153 Å². The molecule has 1 amide bonds. The lowest BCUT2D eigenvalue weighted by Gasteiger charge is -2.07. The van der Waals surface area contributed by atoms with Crippen LogP contribution >= 0.6 is 0 Å². The highest BCUT2D eigenvalue weighted by atomic mass is 16.5. The number of nitrogens with zero attached hydrogens (tertiary/aromatic N) is 2. The Morgan fingerprint density at radius 1 is 1.04 bits per heavy atom. The van der Waals surface area contributed by atoms with Crippen molar-refractivity contribution in [1.29, 1.82) is 0 Å². The molecule has 1 aromatic heterocycles. The van der Waals surface area contributed by atoms with Gasteiger partial charge in [-0.15, -0.1) is 0 Å². The van der Waals surface area contributed by atoms with E-state index in [9.17, 15) is 9.59 Å². The second kappa shape index (κ2) is 10.1. The molecular formula is C19H24N4O3. The summed E-state index contributed by atoms with van der Waals surface area (Å²) in [5, 5.41) is 5.90. The first kappa shape index (κ1) is 19.4. The van der Waals surface area contributed by atoms with Crippen LogP contribution in [0.15, 0.2) is 36.7 Å². The van der Waals surface area contributed by atoms with Gasteiger partial charge in [0.1, 0.15) is 11.5 Å². The van der Waals surface area contributed by atoms with Crippen molar-refractivity contribution in [2.45, 2.75) is 33.1 Å². The summed E-state index contributed by atoms with van der Waals surface area (Å²) in [4.78, 5) is 31.9. The SMILES string of the molecule is CCCCCNC(=O)c1cnc(Nc2ccc(C(=O)OCC)cc2)cn1. The molecule has 0 saturated heterocycles. The topological polar surface area (TPSA) is 93.2 Å². The van der Waals surface area contributed by atoms with E-state index in [1.807, 2.05) is 0 Å². The van der Waals surface area contributed by atoms with Crippen LogP contribution in [-0.2, 0) is 4.74 Å². The molecule has 0 aliphatic carbocycles. The molecule has 0 unspecified atom stereocenters. The molecule has 0 aliphatic rings. The summed E-state index contributed by atoms with van der Waals surface area (Å²) < 4.78 is 4.94. The van der Waals surface area contributed by atoms with Crippen molar-refractivity contribution in [2.24, 2.45) is 0 Å². The van der Waals surface area contributed by atoms with E-state index in [1.165, 1.54) is 12.4 Å². The Balaban J connectivity index is 1.90. The molecule has 1 heterocycles. The fraction of sp³-hybridized carbons (Fsp3) is 0.368. The molecule has 2 aromatic rings. The molecule has 0 aliphatic heterocycles. The van der Waals surface area contributed by atoms with Crippen LogP contribution in [0.1, 0.15) is 54.0 Å². The van der Waals surface area contributed by atoms with Gasteiger partial charge in [-0.3, -0.25) is 4.79 Å². The first-order valence-corrected chi connectivity index (χ1v) is 8.78. The van der Waals surface area contributed by atoms with Crippen LogP contribution in [0.3, 0.4) is 0 Å². The van der Waals surface area contributed by atoms with Gasteiger partial charge in [0, 0.05) is 12.2 Å². The number of unbranched alkanes of at least 4 members (excludes halogenated alkanes) is 2. The van der Waals surface area contributed by atoms with Crippen molar-refractivity contribution >= 4 is 23.4 Å². The molecule has 2 rings (SSSR count). The van der Waals surface area contributed by atoms with Gasteiger partial charge in [0.25, 0.3) is 5.91 Å². The number of hydrogen-bond acceptors (Lipinski definition) is 6. The third-order valence-electron chi connectivity index (χ3n) is 3.62. The first-order valence-electron chi connectivity index (χ1n) is 8.78. The summed E-state index contributed by atoms with van der Waals surface area (Å²) in [6, 6.07) is 6.85. The fourth-order valence-electron chi connectivity index (χ4n) is 2.23. The van der Waals surface area contributed by atoms with E-state index >= 15 is 0 Å². The van der Waals surface area contributed by atoms with Crippen LogP contribution in [0, 0.1) is 0 Å². The quantitative estimate of drug-likeness (QED) is 0.529. The Morgan fingerprint density at radius 3 is 2.42 bits per heavy atom. The van der Waals surface area contributed by atoms with Crippen LogP contribution in [0.5, 0.6) is 0 Å². The van der Waals surface area contributed by atoms with Gasteiger partial charge in [0.2, 0.25) is 0 Å². The number of anilines is 2. The van der Waals surface area contributed by atoms with E-state index in [1.54, 1.807) is 31.2 Å². The Bertz CT molecular complexity index is 715. The van der Waals surface area contributed by atoms with E-state index < -0.39 is 0 Å². The smallest absolute Gasteiger partial charge is 0.338 e. The number of benzene rings is 1. The third kappa shape index (κ3) is 5.84. The molecule has 0 bridgehead atoms. The predicted octanol–water partition coefficient (Wildman–Crippen LogP) is 3.32. The maximum atomic E-state index is 12.0. The Morgan fingerprint density at radius 2 is 1.81 bits per heavy atom. The first-order chi connectivity index (χ1) is 12.6. The van der Waals surface area contributed by atoms with E-state index in [0.717, 1.165) is 24.9 Å². The van der Waals surface area contributed by atoms with Crippen molar-refractivity contribution in [3.05, 3.63) is 47.9 Å². The summed E-state index contributed by atoms with van der Waals surface area (Å²) >= 11 is 0. The van der Waals surface area contributed by atoms with Gasteiger partial charge in [0.15, 0.2) is 0 Å². The molecule has 0 radical (unpaired) electrons. The van der Waals surface area contributed by atoms with E-state index in [4.69, 9.17) is 4.74 Å². The van der Waals surface area contributed by atoms with Gasteiger partial charge >= 0.3 is 5.97 Å². The average molecular weight is 356 g/mol. The number of ether oxygens (including phenoxy) is 1. The normalized spacial score (nSPS) is 10.2. The number of nitrogens with one attached hydrogen (secondary N) is 2. The van der Waals surface area contributed by atoms with E-state index in [-0.39, 0.29) is 17.6 Å². The number of rotatable bonds is 9. The Hall–Kier alpha value is -2.96. The predicted molar refractivity (Wildman–Crippen MR) is 99.6 cm³/mol. The van der Waals surface area contributed by atoms with Gasteiger partial charge in [-0.05, 0) is 37.6 Å². The summed E-state index contributed by atoms with van der Waals surface area (Å²) in [6.45, 7) is 4.86. The number of esters is 1. The van der Waals surface area contributed by atoms with E-state index in [0.29, 0.717) is 24.5 Å². The molecule has 7 nitrogen and oxygen atoms in total. The molecule has 0 atom stereocenters. The molecule has 0 fully saturated rings. The summed E-state index contributed by atoms with van der Waals surface area (Å²) in [6.07, 6.45) is 6.09. The van der Waals surface area contributed by atoms with Crippen LogP contribution in [0.25, 0.3) is 0 Å². The molecule has 138 valence electrons. The monoisotopic (exact) mass is 356 g/mol. The molecular weight excluding hydrogens is 332 g/mol. The molecule has 26 heavy (non-hydrogen) atoms. The second-order valence-electron chi connectivity index (χ2n) is 5.67.